The average Bonchev–Trinajstić information content (AvgIpc) is 3.13. The molecule has 2 heterocycles. The van der Waals surface area contributed by atoms with Gasteiger partial charge in [0.1, 0.15) is 0 Å². The molecule has 7 heteroatoms. The Hall–Kier alpha value is -0.120. The summed E-state index contributed by atoms with van der Waals surface area (Å²) in [6, 6.07) is 0.546. The fraction of sp³-hybridized carbons (Fsp3) is 0.947. The number of hydrogen-bond donors (Lipinski definition) is 2. The molecule has 6 nitrogen and oxygen atoms in total. The summed E-state index contributed by atoms with van der Waals surface area (Å²) in [6.07, 6.45) is 5.77. The third-order valence-electron chi connectivity index (χ3n) is 4.91. The SMILES string of the molecule is CCCN1CCC(NC(=NCCCOCC2CCOC2)NCC)CC1.I. The summed E-state index contributed by atoms with van der Waals surface area (Å²) in [4.78, 5) is 7.27. The van der Waals surface area contributed by atoms with E-state index in [0.29, 0.717) is 12.0 Å². The van der Waals surface area contributed by atoms with E-state index in [1.807, 2.05) is 0 Å². The van der Waals surface area contributed by atoms with Crippen molar-refractivity contribution in [1.82, 2.24) is 15.5 Å². The quantitative estimate of drug-likeness (QED) is 0.217. The van der Waals surface area contributed by atoms with Crippen LogP contribution in [-0.4, -0.2) is 76.1 Å². The van der Waals surface area contributed by atoms with Crippen LogP contribution in [0.1, 0.15) is 46.0 Å². The number of hydrogen-bond acceptors (Lipinski definition) is 4. The maximum Gasteiger partial charge on any atom is 0.191 e. The number of aliphatic imine (C=N–C) groups is 1. The van der Waals surface area contributed by atoms with Crippen LogP contribution in [0.25, 0.3) is 0 Å². The number of halogens is 1. The van der Waals surface area contributed by atoms with Crippen molar-refractivity contribution in [2.24, 2.45) is 10.9 Å². The Morgan fingerprint density at radius 1 is 1.23 bits per heavy atom. The van der Waals surface area contributed by atoms with E-state index >= 15 is 0 Å². The van der Waals surface area contributed by atoms with Crippen LogP contribution in [0, 0.1) is 5.92 Å². The molecule has 1 unspecified atom stereocenters. The first kappa shape index (κ1) is 23.9. The highest BCUT2D eigenvalue weighted by Crippen LogP contribution is 2.12. The highest BCUT2D eigenvalue weighted by Gasteiger charge is 2.19. The monoisotopic (exact) mass is 482 g/mol. The van der Waals surface area contributed by atoms with Crippen molar-refractivity contribution >= 4 is 29.9 Å². The lowest BCUT2D eigenvalue weighted by atomic mass is 10.1. The van der Waals surface area contributed by atoms with Crippen molar-refractivity contribution in [3.05, 3.63) is 0 Å². The summed E-state index contributed by atoms with van der Waals surface area (Å²) in [5, 5.41) is 6.98. The molecule has 2 rings (SSSR count). The molecule has 26 heavy (non-hydrogen) atoms. The van der Waals surface area contributed by atoms with Crippen molar-refractivity contribution in [2.75, 3.05) is 59.2 Å². The fourth-order valence-corrected chi connectivity index (χ4v) is 3.45. The molecular weight excluding hydrogens is 443 g/mol. The Balaban J connectivity index is 0.00000338. The van der Waals surface area contributed by atoms with Gasteiger partial charge in [0.05, 0.1) is 13.2 Å². The van der Waals surface area contributed by atoms with Gasteiger partial charge in [0.25, 0.3) is 0 Å². The Bertz CT molecular complexity index is 371. The van der Waals surface area contributed by atoms with Crippen LogP contribution in [0.3, 0.4) is 0 Å². The molecular formula is C19H39IN4O2. The molecule has 2 saturated heterocycles. The van der Waals surface area contributed by atoms with E-state index in [2.05, 4.69) is 29.4 Å². The molecule has 2 aliphatic rings. The zero-order valence-corrected chi connectivity index (χ0v) is 19.0. The maximum atomic E-state index is 5.75. The summed E-state index contributed by atoms with van der Waals surface area (Å²) >= 11 is 0. The van der Waals surface area contributed by atoms with Crippen LogP contribution in [0.5, 0.6) is 0 Å². The van der Waals surface area contributed by atoms with Gasteiger partial charge in [0.15, 0.2) is 5.96 Å². The van der Waals surface area contributed by atoms with Crippen molar-refractivity contribution in [3.8, 4) is 0 Å². The molecule has 0 bridgehead atoms. The van der Waals surface area contributed by atoms with Crippen LogP contribution in [-0.2, 0) is 9.47 Å². The van der Waals surface area contributed by atoms with Crippen molar-refractivity contribution in [2.45, 2.75) is 52.0 Å². The average molecular weight is 482 g/mol. The Morgan fingerprint density at radius 2 is 2.04 bits per heavy atom. The van der Waals surface area contributed by atoms with E-state index in [-0.39, 0.29) is 24.0 Å². The summed E-state index contributed by atoms with van der Waals surface area (Å²) < 4.78 is 11.1. The number of nitrogens with one attached hydrogen (secondary N) is 2. The predicted octanol–water partition coefficient (Wildman–Crippen LogP) is 2.48. The van der Waals surface area contributed by atoms with Crippen LogP contribution in [0.2, 0.25) is 0 Å². The highest BCUT2D eigenvalue weighted by molar-refractivity contribution is 14.0. The molecule has 0 saturated carbocycles. The second-order valence-corrected chi connectivity index (χ2v) is 7.18. The van der Waals surface area contributed by atoms with Gasteiger partial charge in [-0.1, -0.05) is 6.92 Å². The van der Waals surface area contributed by atoms with E-state index in [9.17, 15) is 0 Å². The Labute approximate surface area is 176 Å². The number of nitrogens with zero attached hydrogens (tertiary/aromatic N) is 2. The normalized spacial score (nSPS) is 22.2. The maximum absolute atomic E-state index is 5.75. The van der Waals surface area contributed by atoms with Crippen LogP contribution in [0.4, 0.5) is 0 Å². The summed E-state index contributed by atoms with van der Waals surface area (Å²) in [7, 11) is 0. The first-order chi connectivity index (χ1) is 12.3. The molecule has 0 aromatic rings. The molecule has 154 valence electrons. The van der Waals surface area contributed by atoms with Gasteiger partial charge < -0.3 is 25.0 Å². The van der Waals surface area contributed by atoms with Gasteiger partial charge in [-0.2, -0.15) is 0 Å². The molecule has 0 aromatic carbocycles. The van der Waals surface area contributed by atoms with Gasteiger partial charge in [0.2, 0.25) is 0 Å². The number of likely N-dealkylation sites (tertiary alicyclic amines) is 1. The first-order valence-electron chi connectivity index (χ1n) is 10.2. The molecule has 2 N–H and O–H groups in total. The molecule has 2 fully saturated rings. The van der Waals surface area contributed by atoms with Gasteiger partial charge in [0, 0.05) is 51.4 Å². The molecule has 0 spiro atoms. The minimum Gasteiger partial charge on any atom is -0.381 e. The predicted molar refractivity (Wildman–Crippen MR) is 119 cm³/mol. The third-order valence-corrected chi connectivity index (χ3v) is 4.91. The van der Waals surface area contributed by atoms with Crippen LogP contribution >= 0.6 is 24.0 Å². The highest BCUT2D eigenvalue weighted by atomic mass is 127. The van der Waals surface area contributed by atoms with Crippen LogP contribution in [0.15, 0.2) is 4.99 Å². The smallest absolute Gasteiger partial charge is 0.191 e. The van der Waals surface area contributed by atoms with Crippen molar-refractivity contribution in [3.63, 3.8) is 0 Å². The molecule has 0 amide bonds. The van der Waals surface area contributed by atoms with Gasteiger partial charge in [-0.3, -0.25) is 4.99 Å². The van der Waals surface area contributed by atoms with Crippen LogP contribution < -0.4 is 10.6 Å². The van der Waals surface area contributed by atoms with Crippen molar-refractivity contribution < 1.29 is 9.47 Å². The van der Waals surface area contributed by atoms with Gasteiger partial charge in [-0.15, -0.1) is 24.0 Å². The summed E-state index contributed by atoms with van der Waals surface area (Å²) in [5.41, 5.74) is 0. The molecule has 0 aromatic heterocycles. The van der Waals surface area contributed by atoms with Gasteiger partial charge in [-0.05, 0) is 45.6 Å². The van der Waals surface area contributed by atoms with E-state index in [0.717, 1.165) is 58.3 Å². The largest absolute Gasteiger partial charge is 0.381 e. The number of rotatable bonds is 10. The molecule has 0 aliphatic carbocycles. The second-order valence-electron chi connectivity index (χ2n) is 7.18. The lowest BCUT2D eigenvalue weighted by molar-refractivity contribution is 0.0893. The number of guanidine groups is 1. The van der Waals surface area contributed by atoms with E-state index in [1.165, 1.54) is 38.9 Å². The standard InChI is InChI=1S/C19H38N4O2.HI/c1-3-10-23-11-6-18(7-12-23)22-19(20-4-2)21-9-5-13-24-15-17-8-14-25-16-17;/h17-18H,3-16H2,1-2H3,(H2,20,21,22);1H. The van der Waals surface area contributed by atoms with E-state index in [4.69, 9.17) is 14.5 Å². The van der Waals surface area contributed by atoms with Crippen molar-refractivity contribution in [1.29, 1.82) is 0 Å². The minimum absolute atomic E-state index is 0. The molecule has 1 atom stereocenters. The fourth-order valence-electron chi connectivity index (χ4n) is 3.45. The minimum atomic E-state index is 0. The second kappa shape index (κ2) is 14.9. The Morgan fingerprint density at radius 3 is 2.69 bits per heavy atom. The Kier molecular flexibility index (Phi) is 13.7. The zero-order chi connectivity index (χ0) is 17.7. The summed E-state index contributed by atoms with van der Waals surface area (Å²) in [5.74, 6) is 1.56. The van der Waals surface area contributed by atoms with Gasteiger partial charge in [-0.25, -0.2) is 0 Å². The zero-order valence-electron chi connectivity index (χ0n) is 16.7. The topological polar surface area (TPSA) is 58.1 Å². The first-order valence-corrected chi connectivity index (χ1v) is 10.2. The lowest BCUT2D eigenvalue weighted by Crippen LogP contribution is -2.48. The van der Waals surface area contributed by atoms with E-state index in [1.54, 1.807) is 0 Å². The number of ether oxygens (including phenoxy) is 2. The molecule has 2 aliphatic heterocycles. The third kappa shape index (κ3) is 9.71. The van der Waals surface area contributed by atoms with Gasteiger partial charge >= 0.3 is 0 Å². The summed E-state index contributed by atoms with van der Waals surface area (Å²) in [6.45, 7) is 13.1. The van der Waals surface area contributed by atoms with E-state index < -0.39 is 0 Å². The molecule has 0 radical (unpaired) electrons. The lowest BCUT2D eigenvalue weighted by Gasteiger charge is -2.32. The number of piperidine rings is 1.